The van der Waals surface area contributed by atoms with Crippen LogP contribution in [0.15, 0.2) is 65.3 Å². The summed E-state index contributed by atoms with van der Waals surface area (Å²) in [5.74, 6) is -1.05. The number of carbonyl (C=O) groups excluding carboxylic acids is 3. The van der Waals surface area contributed by atoms with E-state index in [0.29, 0.717) is 18.0 Å². The molecular formula is C23H22N2O5. The van der Waals surface area contributed by atoms with E-state index >= 15 is 0 Å². The number of nitrogens with one attached hydrogen (secondary N) is 1. The van der Waals surface area contributed by atoms with Crippen LogP contribution in [0.25, 0.3) is 10.8 Å². The number of anilines is 1. The van der Waals surface area contributed by atoms with Crippen molar-refractivity contribution in [1.82, 2.24) is 4.90 Å². The molecule has 3 aromatic rings. The van der Waals surface area contributed by atoms with Crippen LogP contribution < -0.4 is 5.32 Å². The summed E-state index contributed by atoms with van der Waals surface area (Å²) in [6, 6.07) is 16.9. The van der Waals surface area contributed by atoms with Gasteiger partial charge in [0.15, 0.2) is 6.10 Å². The monoisotopic (exact) mass is 406 g/mol. The van der Waals surface area contributed by atoms with Gasteiger partial charge in [-0.1, -0.05) is 30.3 Å². The van der Waals surface area contributed by atoms with Gasteiger partial charge in [-0.3, -0.25) is 14.4 Å². The number of ether oxygens (including phenoxy) is 1. The van der Waals surface area contributed by atoms with E-state index < -0.39 is 23.9 Å². The highest BCUT2D eigenvalue weighted by atomic mass is 16.5. The Morgan fingerprint density at radius 1 is 1.17 bits per heavy atom. The molecule has 7 nitrogen and oxygen atoms in total. The molecular weight excluding hydrogens is 384 g/mol. The molecule has 1 fully saturated rings. The van der Waals surface area contributed by atoms with E-state index in [-0.39, 0.29) is 18.9 Å². The lowest BCUT2D eigenvalue weighted by molar-refractivity contribution is -0.157. The van der Waals surface area contributed by atoms with Crippen molar-refractivity contribution in [3.05, 3.63) is 66.6 Å². The first-order valence-corrected chi connectivity index (χ1v) is 9.80. The van der Waals surface area contributed by atoms with Crippen LogP contribution in [0, 0.1) is 5.92 Å². The lowest BCUT2D eigenvalue weighted by Crippen LogP contribution is -2.33. The number of nitrogens with zero attached hydrogens (tertiary/aromatic N) is 1. The fraction of sp³-hybridized carbons (Fsp3) is 0.261. The molecule has 30 heavy (non-hydrogen) atoms. The Morgan fingerprint density at radius 2 is 1.97 bits per heavy atom. The van der Waals surface area contributed by atoms with Crippen LogP contribution in [0.2, 0.25) is 0 Å². The Morgan fingerprint density at radius 3 is 2.73 bits per heavy atom. The Hall–Kier alpha value is -3.61. The molecule has 1 aliphatic heterocycles. The van der Waals surface area contributed by atoms with Gasteiger partial charge in [0.05, 0.1) is 18.7 Å². The summed E-state index contributed by atoms with van der Waals surface area (Å²) < 4.78 is 10.6. The normalized spacial score (nSPS) is 17.2. The summed E-state index contributed by atoms with van der Waals surface area (Å²) in [6.07, 6.45) is 0.633. The van der Waals surface area contributed by atoms with Crippen LogP contribution in [0.5, 0.6) is 0 Å². The summed E-state index contributed by atoms with van der Waals surface area (Å²) in [4.78, 5) is 38.7. The summed E-state index contributed by atoms with van der Waals surface area (Å²) in [5.41, 5.74) is 0.627. The van der Waals surface area contributed by atoms with Gasteiger partial charge in [-0.15, -0.1) is 0 Å². The quantitative estimate of drug-likeness (QED) is 0.634. The molecule has 7 heteroatoms. The molecule has 4 rings (SSSR count). The van der Waals surface area contributed by atoms with Crippen LogP contribution in [-0.4, -0.2) is 35.3 Å². The third-order valence-electron chi connectivity index (χ3n) is 5.15. The van der Waals surface area contributed by atoms with Crippen molar-refractivity contribution in [3.63, 3.8) is 0 Å². The predicted octanol–water partition coefficient (Wildman–Crippen LogP) is 3.35. The van der Waals surface area contributed by atoms with Crippen molar-refractivity contribution in [1.29, 1.82) is 0 Å². The zero-order chi connectivity index (χ0) is 21.1. The minimum Gasteiger partial charge on any atom is -0.467 e. The maximum atomic E-state index is 12.5. The average Bonchev–Trinajstić information content (AvgIpc) is 3.38. The highest BCUT2D eigenvalue weighted by molar-refractivity contribution is 5.97. The van der Waals surface area contributed by atoms with Gasteiger partial charge in [-0.05, 0) is 42.0 Å². The molecule has 0 saturated carbocycles. The van der Waals surface area contributed by atoms with E-state index in [4.69, 9.17) is 9.15 Å². The van der Waals surface area contributed by atoms with Gasteiger partial charge < -0.3 is 19.4 Å². The highest BCUT2D eigenvalue weighted by Gasteiger charge is 2.36. The zero-order valence-electron chi connectivity index (χ0n) is 16.5. The van der Waals surface area contributed by atoms with E-state index in [0.717, 1.165) is 10.8 Å². The SMILES string of the molecule is C[C@@H](OC(=O)[C@@H]1CC(=O)N(Cc2ccco2)C1)C(=O)Nc1ccc2ccccc2c1. The maximum Gasteiger partial charge on any atom is 0.312 e. The average molecular weight is 406 g/mol. The second-order valence-electron chi connectivity index (χ2n) is 7.38. The number of benzene rings is 2. The van der Waals surface area contributed by atoms with E-state index in [9.17, 15) is 14.4 Å². The summed E-state index contributed by atoms with van der Waals surface area (Å²) in [7, 11) is 0. The Kier molecular flexibility index (Phi) is 5.52. The smallest absolute Gasteiger partial charge is 0.312 e. The molecule has 1 saturated heterocycles. The van der Waals surface area contributed by atoms with Crippen molar-refractivity contribution in [3.8, 4) is 0 Å². The molecule has 0 radical (unpaired) electrons. The molecule has 0 aliphatic carbocycles. The molecule has 2 amide bonds. The Bertz CT molecular complexity index is 1080. The molecule has 2 aromatic carbocycles. The van der Waals surface area contributed by atoms with Crippen LogP contribution in [-0.2, 0) is 25.7 Å². The Labute approximate surface area is 173 Å². The molecule has 0 spiro atoms. The fourth-order valence-corrected chi connectivity index (χ4v) is 3.51. The molecule has 2 atom stereocenters. The molecule has 1 N–H and O–H groups in total. The van der Waals surface area contributed by atoms with Crippen molar-refractivity contribution in [2.45, 2.75) is 26.0 Å². The van der Waals surface area contributed by atoms with Crippen LogP contribution in [0.1, 0.15) is 19.1 Å². The van der Waals surface area contributed by atoms with Crippen LogP contribution in [0.4, 0.5) is 5.69 Å². The van der Waals surface area contributed by atoms with E-state index in [2.05, 4.69) is 5.32 Å². The molecule has 1 aromatic heterocycles. The number of carbonyl (C=O) groups is 3. The minimum absolute atomic E-state index is 0.0680. The van der Waals surface area contributed by atoms with Gasteiger partial charge >= 0.3 is 5.97 Å². The molecule has 0 unspecified atom stereocenters. The lowest BCUT2D eigenvalue weighted by Gasteiger charge is -2.17. The fourth-order valence-electron chi connectivity index (χ4n) is 3.51. The van der Waals surface area contributed by atoms with E-state index in [1.807, 2.05) is 36.4 Å². The van der Waals surface area contributed by atoms with Crippen LogP contribution >= 0.6 is 0 Å². The summed E-state index contributed by atoms with van der Waals surface area (Å²) in [5, 5.41) is 4.84. The van der Waals surface area contributed by atoms with Crippen molar-refractivity contribution in [2.24, 2.45) is 5.92 Å². The topological polar surface area (TPSA) is 88.9 Å². The first-order valence-electron chi connectivity index (χ1n) is 9.80. The zero-order valence-corrected chi connectivity index (χ0v) is 16.5. The van der Waals surface area contributed by atoms with Crippen molar-refractivity contribution in [2.75, 3.05) is 11.9 Å². The van der Waals surface area contributed by atoms with Crippen molar-refractivity contribution < 1.29 is 23.5 Å². The number of hydrogen-bond acceptors (Lipinski definition) is 5. The van der Waals surface area contributed by atoms with E-state index in [1.54, 1.807) is 23.1 Å². The van der Waals surface area contributed by atoms with Gasteiger partial charge in [-0.25, -0.2) is 0 Å². The van der Waals surface area contributed by atoms with E-state index in [1.165, 1.54) is 13.2 Å². The Balaban J connectivity index is 1.32. The second kappa shape index (κ2) is 8.41. The van der Waals surface area contributed by atoms with Gasteiger partial charge in [-0.2, -0.15) is 0 Å². The van der Waals surface area contributed by atoms with Crippen LogP contribution in [0.3, 0.4) is 0 Å². The summed E-state index contributed by atoms with van der Waals surface area (Å²) >= 11 is 0. The highest BCUT2D eigenvalue weighted by Crippen LogP contribution is 2.23. The summed E-state index contributed by atoms with van der Waals surface area (Å²) in [6.45, 7) is 2.08. The third-order valence-corrected chi connectivity index (χ3v) is 5.15. The number of amides is 2. The number of esters is 1. The molecule has 0 bridgehead atoms. The number of furan rings is 1. The lowest BCUT2D eigenvalue weighted by atomic mass is 10.1. The van der Waals surface area contributed by atoms with Crippen molar-refractivity contribution >= 4 is 34.2 Å². The molecule has 2 heterocycles. The van der Waals surface area contributed by atoms with Gasteiger partial charge in [0, 0.05) is 18.7 Å². The number of fused-ring (bicyclic) bond motifs is 1. The number of likely N-dealkylation sites (tertiary alicyclic amines) is 1. The second-order valence-corrected chi connectivity index (χ2v) is 7.38. The first-order chi connectivity index (χ1) is 14.5. The molecule has 1 aliphatic rings. The standard InChI is InChI=1S/C23H22N2O5/c1-15(22(27)24-19-9-8-16-5-2-3-6-17(16)11-19)30-23(28)18-12-21(26)25(13-18)14-20-7-4-10-29-20/h2-11,15,18H,12-14H2,1H3,(H,24,27)/t15-,18-/m1/s1. The molecule has 154 valence electrons. The third kappa shape index (κ3) is 4.35. The van der Waals surface area contributed by atoms with Gasteiger partial charge in [0.2, 0.25) is 5.91 Å². The van der Waals surface area contributed by atoms with Gasteiger partial charge in [0.1, 0.15) is 5.76 Å². The van der Waals surface area contributed by atoms with Gasteiger partial charge in [0.25, 0.3) is 5.91 Å². The largest absolute Gasteiger partial charge is 0.467 e. The first kappa shape index (κ1) is 19.7. The number of hydrogen-bond donors (Lipinski definition) is 1. The number of rotatable bonds is 6. The predicted molar refractivity (Wildman–Crippen MR) is 110 cm³/mol. The minimum atomic E-state index is -0.974. The maximum absolute atomic E-state index is 12.5.